The van der Waals surface area contributed by atoms with Gasteiger partial charge in [-0.15, -0.1) is 0 Å². The van der Waals surface area contributed by atoms with Crippen molar-refractivity contribution in [2.45, 2.75) is 13.3 Å². The van der Waals surface area contributed by atoms with Crippen LogP contribution in [0.4, 0.5) is 11.4 Å². The third kappa shape index (κ3) is 5.27. The Balaban J connectivity index is 1.80. The van der Waals surface area contributed by atoms with Gasteiger partial charge in [-0.3, -0.25) is 9.59 Å². The van der Waals surface area contributed by atoms with Gasteiger partial charge in [0.15, 0.2) is 5.78 Å². The lowest BCUT2D eigenvalue weighted by Gasteiger charge is -2.08. The van der Waals surface area contributed by atoms with E-state index in [4.69, 9.17) is 23.2 Å². The first-order chi connectivity index (χ1) is 11.0. The molecule has 0 fully saturated rings. The van der Waals surface area contributed by atoms with Crippen molar-refractivity contribution in [1.82, 2.24) is 0 Å². The second-order valence-electron chi connectivity index (χ2n) is 4.99. The van der Waals surface area contributed by atoms with Crippen LogP contribution in [0.15, 0.2) is 42.5 Å². The Morgan fingerprint density at radius 3 is 2.22 bits per heavy atom. The molecule has 4 nitrogen and oxygen atoms in total. The largest absolute Gasteiger partial charge is 0.385 e. The van der Waals surface area contributed by atoms with Gasteiger partial charge < -0.3 is 10.6 Å². The Labute approximate surface area is 144 Å². The van der Waals surface area contributed by atoms with Gasteiger partial charge in [0.05, 0.1) is 10.0 Å². The maximum absolute atomic E-state index is 11.9. The zero-order valence-electron chi connectivity index (χ0n) is 12.5. The van der Waals surface area contributed by atoms with Crippen LogP contribution in [0, 0.1) is 0 Å². The summed E-state index contributed by atoms with van der Waals surface area (Å²) < 4.78 is 0. The maximum atomic E-state index is 11.9. The Hall–Kier alpha value is -2.04. The SMILES string of the molecule is CC(=O)c1ccc(NCCC(=O)Nc2ccc(Cl)c(Cl)c2)cc1. The molecule has 0 aliphatic heterocycles. The standard InChI is InChI=1S/C17H16Cl2N2O2/c1-11(22)12-2-4-13(5-3-12)20-9-8-17(23)21-14-6-7-15(18)16(19)10-14/h2-7,10,20H,8-9H2,1H3,(H,21,23). The summed E-state index contributed by atoms with van der Waals surface area (Å²) >= 11 is 11.7. The summed E-state index contributed by atoms with van der Waals surface area (Å²) in [6.07, 6.45) is 0.300. The number of carbonyl (C=O) groups excluding carboxylic acids is 2. The molecule has 2 aromatic rings. The van der Waals surface area contributed by atoms with Crippen LogP contribution in [0.1, 0.15) is 23.7 Å². The molecular formula is C17H16Cl2N2O2. The quantitative estimate of drug-likeness (QED) is 0.746. The fraction of sp³-hybridized carbons (Fsp3) is 0.176. The lowest BCUT2D eigenvalue weighted by Crippen LogP contribution is -2.16. The fourth-order valence-electron chi connectivity index (χ4n) is 1.94. The summed E-state index contributed by atoms with van der Waals surface area (Å²) in [6, 6.07) is 12.1. The number of rotatable bonds is 6. The lowest BCUT2D eigenvalue weighted by atomic mass is 10.1. The average Bonchev–Trinajstić information content (AvgIpc) is 2.51. The first kappa shape index (κ1) is 17.3. The van der Waals surface area contributed by atoms with Crippen LogP contribution in [0.5, 0.6) is 0 Å². The molecule has 0 spiro atoms. The number of ketones is 1. The fourth-order valence-corrected chi connectivity index (χ4v) is 2.24. The number of hydrogen-bond donors (Lipinski definition) is 2. The van der Waals surface area contributed by atoms with Gasteiger partial charge in [-0.2, -0.15) is 0 Å². The van der Waals surface area contributed by atoms with Gasteiger partial charge in [0.1, 0.15) is 0 Å². The smallest absolute Gasteiger partial charge is 0.226 e. The van der Waals surface area contributed by atoms with Crippen LogP contribution in [0.2, 0.25) is 10.0 Å². The van der Waals surface area contributed by atoms with E-state index in [9.17, 15) is 9.59 Å². The van der Waals surface area contributed by atoms with Gasteiger partial charge in [0, 0.05) is 29.9 Å². The van der Waals surface area contributed by atoms with Crippen molar-refractivity contribution < 1.29 is 9.59 Å². The molecule has 23 heavy (non-hydrogen) atoms. The average molecular weight is 351 g/mol. The van der Waals surface area contributed by atoms with Crippen molar-refractivity contribution in [3.05, 3.63) is 58.1 Å². The Kier molecular flexibility index (Phi) is 6.02. The summed E-state index contributed by atoms with van der Waals surface area (Å²) in [5.74, 6) is -0.103. The number of hydrogen-bond acceptors (Lipinski definition) is 3. The highest BCUT2D eigenvalue weighted by molar-refractivity contribution is 6.42. The van der Waals surface area contributed by atoms with Crippen LogP contribution in [-0.2, 0) is 4.79 Å². The number of nitrogens with one attached hydrogen (secondary N) is 2. The highest BCUT2D eigenvalue weighted by Gasteiger charge is 2.05. The summed E-state index contributed by atoms with van der Waals surface area (Å²) in [4.78, 5) is 23.1. The van der Waals surface area contributed by atoms with E-state index in [2.05, 4.69) is 10.6 Å². The highest BCUT2D eigenvalue weighted by atomic mass is 35.5. The molecule has 0 heterocycles. The molecule has 2 rings (SSSR count). The van der Waals surface area contributed by atoms with E-state index in [0.29, 0.717) is 34.3 Å². The second-order valence-corrected chi connectivity index (χ2v) is 5.80. The number of benzene rings is 2. The van der Waals surface area contributed by atoms with Gasteiger partial charge in [0.25, 0.3) is 0 Å². The molecule has 0 aliphatic carbocycles. The molecule has 0 saturated heterocycles. The third-order valence-corrected chi connectivity index (χ3v) is 3.91. The normalized spacial score (nSPS) is 10.2. The van der Waals surface area contributed by atoms with Crippen LogP contribution >= 0.6 is 23.2 Å². The van der Waals surface area contributed by atoms with Gasteiger partial charge in [0.2, 0.25) is 5.91 Å². The Morgan fingerprint density at radius 1 is 0.957 bits per heavy atom. The molecule has 0 saturated carbocycles. The number of carbonyl (C=O) groups is 2. The van der Waals surface area contributed by atoms with E-state index >= 15 is 0 Å². The maximum Gasteiger partial charge on any atom is 0.226 e. The van der Waals surface area contributed by atoms with E-state index in [1.165, 1.54) is 6.92 Å². The van der Waals surface area contributed by atoms with Gasteiger partial charge in [-0.05, 0) is 49.4 Å². The number of anilines is 2. The molecule has 0 bridgehead atoms. The Morgan fingerprint density at radius 2 is 1.61 bits per heavy atom. The molecule has 6 heteroatoms. The van der Waals surface area contributed by atoms with E-state index < -0.39 is 0 Å². The predicted octanol–water partition coefficient (Wildman–Crippen LogP) is 4.64. The molecule has 0 unspecified atom stereocenters. The molecule has 120 valence electrons. The topological polar surface area (TPSA) is 58.2 Å². The van der Waals surface area contributed by atoms with Gasteiger partial charge >= 0.3 is 0 Å². The van der Waals surface area contributed by atoms with Crippen molar-refractivity contribution in [1.29, 1.82) is 0 Å². The molecule has 0 radical (unpaired) electrons. The molecule has 2 N–H and O–H groups in total. The van der Waals surface area contributed by atoms with E-state index in [0.717, 1.165) is 5.69 Å². The van der Waals surface area contributed by atoms with Gasteiger partial charge in [-0.1, -0.05) is 23.2 Å². The number of Topliss-reactive ketones (excluding diaryl/α,β-unsaturated/α-hetero) is 1. The Bertz CT molecular complexity index is 715. The van der Waals surface area contributed by atoms with Crippen LogP contribution in [0.3, 0.4) is 0 Å². The predicted molar refractivity (Wildman–Crippen MR) is 94.6 cm³/mol. The molecule has 0 aliphatic rings. The molecular weight excluding hydrogens is 335 g/mol. The first-order valence-electron chi connectivity index (χ1n) is 7.05. The second kappa shape index (κ2) is 7.99. The van der Waals surface area contributed by atoms with Crippen molar-refractivity contribution in [3.8, 4) is 0 Å². The van der Waals surface area contributed by atoms with Crippen LogP contribution in [0.25, 0.3) is 0 Å². The lowest BCUT2D eigenvalue weighted by molar-refractivity contribution is -0.115. The molecule has 0 atom stereocenters. The van der Waals surface area contributed by atoms with E-state index in [1.54, 1.807) is 30.3 Å². The molecule has 1 amide bonds. The first-order valence-corrected chi connectivity index (χ1v) is 7.81. The minimum atomic E-state index is -0.128. The summed E-state index contributed by atoms with van der Waals surface area (Å²) in [5, 5.41) is 6.72. The van der Waals surface area contributed by atoms with Crippen molar-refractivity contribution >= 4 is 46.3 Å². The van der Waals surface area contributed by atoms with Crippen molar-refractivity contribution in [2.24, 2.45) is 0 Å². The number of halogens is 2. The summed E-state index contributed by atoms with van der Waals surface area (Å²) in [6.45, 7) is 2.00. The molecule has 0 aromatic heterocycles. The minimum Gasteiger partial charge on any atom is -0.385 e. The monoisotopic (exact) mass is 350 g/mol. The zero-order valence-corrected chi connectivity index (χ0v) is 14.0. The highest BCUT2D eigenvalue weighted by Crippen LogP contribution is 2.25. The summed E-state index contributed by atoms with van der Waals surface area (Å²) in [5.41, 5.74) is 2.13. The summed E-state index contributed by atoms with van der Waals surface area (Å²) in [7, 11) is 0. The van der Waals surface area contributed by atoms with Gasteiger partial charge in [-0.25, -0.2) is 0 Å². The van der Waals surface area contributed by atoms with Crippen molar-refractivity contribution in [2.75, 3.05) is 17.2 Å². The molecule has 2 aromatic carbocycles. The van der Waals surface area contributed by atoms with Crippen molar-refractivity contribution in [3.63, 3.8) is 0 Å². The third-order valence-electron chi connectivity index (χ3n) is 3.18. The van der Waals surface area contributed by atoms with Crippen LogP contribution < -0.4 is 10.6 Å². The zero-order chi connectivity index (χ0) is 16.8. The van der Waals surface area contributed by atoms with Crippen LogP contribution in [-0.4, -0.2) is 18.2 Å². The number of amides is 1. The van der Waals surface area contributed by atoms with E-state index in [1.807, 2.05) is 12.1 Å². The van der Waals surface area contributed by atoms with E-state index in [-0.39, 0.29) is 11.7 Å². The minimum absolute atomic E-state index is 0.0255.